The van der Waals surface area contributed by atoms with E-state index in [9.17, 15) is 14.9 Å². The van der Waals surface area contributed by atoms with Crippen molar-refractivity contribution in [2.45, 2.75) is 122 Å². The van der Waals surface area contributed by atoms with E-state index in [1.54, 1.807) is 0 Å². The molecule has 0 aliphatic rings. The Morgan fingerprint density at radius 1 is 0.800 bits per heavy atom. The van der Waals surface area contributed by atoms with Crippen LogP contribution in [0.15, 0.2) is 0 Å². The van der Waals surface area contributed by atoms with Crippen LogP contribution in [0.1, 0.15) is 116 Å². The summed E-state index contributed by atoms with van der Waals surface area (Å²) in [6, 6.07) is -0.345. The normalized spacial score (nSPS) is 12.2. The third-order valence-corrected chi connectivity index (χ3v) is 4.87. The summed E-state index contributed by atoms with van der Waals surface area (Å²) in [6.45, 7) is 2.20. The van der Waals surface area contributed by atoms with E-state index in [0.717, 1.165) is 77.0 Å². The van der Waals surface area contributed by atoms with Gasteiger partial charge in [0.25, 0.3) is 0 Å². The van der Waals surface area contributed by atoms with Crippen LogP contribution in [0, 0.1) is 10.1 Å². The lowest BCUT2D eigenvalue weighted by Crippen LogP contribution is -2.19. The molecular weight excluding hydrogens is 318 g/mol. The first-order valence-electron chi connectivity index (χ1n) is 10.4. The molecule has 0 spiro atoms. The Bertz CT molecular complexity index is 334. The minimum absolute atomic E-state index is 0.0749. The highest BCUT2D eigenvalue weighted by Crippen LogP contribution is 2.16. The smallest absolute Gasteiger partial charge is 0.303 e. The first-order valence-corrected chi connectivity index (χ1v) is 10.4. The lowest BCUT2D eigenvalue weighted by molar-refractivity contribution is -0.524. The molecule has 0 saturated carbocycles. The van der Waals surface area contributed by atoms with Gasteiger partial charge in [0.2, 0.25) is 6.04 Å². The van der Waals surface area contributed by atoms with E-state index in [0.29, 0.717) is 0 Å². The summed E-state index contributed by atoms with van der Waals surface area (Å²) in [5.41, 5.74) is 0. The Morgan fingerprint density at radius 2 is 1.20 bits per heavy atom. The first-order chi connectivity index (χ1) is 12.1. The summed E-state index contributed by atoms with van der Waals surface area (Å²) in [4.78, 5) is 21.5. The number of aliphatic carboxylic acids is 1. The van der Waals surface area contributed by atoms with Crippen LogP contribution in [0.5, 0.6) is 0 Å². The van der Waals surface area contributed by atoms with Crippen molar-refractivity contribution in [2.75, 3.05) is 0 Å². The van der Waals surface area contributed by atoms with Crippen molar-refractivity contribution in [3.05, 3.63) is 10.1 Å². The van der Waals surface area contributed by atoms with E-state index in [-0.39, 0.29) is 17.4 Å². The predicted octanol–water partition coefficient (Wildman–Crippen LogP) is 6.37. The minimum atomic E-state index is -0.707. The molecule has 0 amide bonds. The zero-order valence-corrected chi connectivity index (χ0v) is 16.2. The zero-order chi connectivity index (χ0) is 18.8. The molecular formula is C20H39NO4. The van der Waals surface area contributed by atoms with E-state index in [1.165, 1.54) is 25.7 Å². The fourth-order valence-corrected chi connectivity index (χ4v) is 3.23. The zero-order valence-electron chi connectivity index (χ0n) is 16.2. The standard InChI is InChI=1S/C20H39NO4/c1-2-3-4-5-10-13-16-19(21(24)25)17-14-11-8-6-7-9-12-15-18-20(22)23/h19H,2-18H2,1H3,(H,22,23). The van der Waals surface area contributed by atoms with Crippen LogP contribution >= 0.6 is 0 Å². The number of carbonyl (C=O) groups is 1. The van der Waals surface area contributed by atoms with Crippen LogP contribution in [0.2, 0.25) is 0 Å². The van der Waals surface area contributed by atoms with Crippen LogP contribution < -0.4 is 0 Å². The Hall–Kier alpha value is -1.13. The second-order valence-corrected chi connectivity index (χ2v) is 7.26. The molecule has 148 valence electrons. The lowest BCUT2D eigenvalue weighted by Gasteiger charge is -2.09. The largest absolute Gasteiger partial charge is 0.481 e. The van der Waals surface area contributed by atoms with Gasteiger partial charge in [0, 0.05) is 24.2 Å². The van der Waals surface area contributed by atoms with Crippen LogP contribution in [-0.4, -0.2) is 22.0 Å². The Balaban J connectivity index is 3.48. The SMILES string of the molecule is CCCCCCCCC(CCCCCCCCCCC(=O)O)[N+](=O)[O-]. The molecule has 0 aromatic carbocycles. The Morgan fingerprint density at radius 3 is 1.60 bits per heavy atom. The van der Waals surface area contributed by atoms with Gasteiger partial charge in [-0.2, -0.15) is 0 Å². The molecule has 1 unspecified atom stereocenters. The second kappa shape index (κ2) is 17.7. The van der Waals surface area contributed by atoms with E-state index >= 15 is 0 Å². The van der Waals surface area contributed by atoms with Crippen molar-refractivity contribution >= 4 is 5.97 Å². The molecule has 25 heavy (non-hydrogen) atoms. The number of carboxylic acid groups (broad SMARTS) is 1. The van der Waals surface area contributed by atoms with Gasteiger partial charge in [-0.15, -0.1) is 0 Å². The fraction of sp³-hybridized carbons (Fsp3) is 0.950. The van der Waals surface area contributed by atoms with E-state index in [1.807, 2.05) is 0 Å². The number of hydrogen-bond acceptors (Lipinski definition) is 3. The van der Waals surface area contributed by atoms with Gasteiger partial charge in [-0.05, 0) is 19.3 Å². The van der Waals surface area contributed by atoms with Crippen molar-refractivity contribution < 1.29 is 14.8 Å². The average Bonchev–Trinajstić information content (AvgIpc) is 2.57. The topological polar surface area (TPSA) is 80.4 Å². The molecule has 1 atom stereocenters. The highest BCUT2D eigenvalue weighted by Gasteiger charge is 2.18. The molecule has 5 nitrogen and oxygen atoms in total. The average molecular weight is 358 g/mol. The number of carboxylic acids is 1. The summed E-state index contributed by atoms with van der Waals surface area (Å²) in [5, 5.41) is 19.7. The number of rotatable bonds is 19. The van der Waals surface area contributed by atoms with Gasteiger partial charge in [0.05, 0.1) is 0 Å². The van der Waals surface area contributed by atoms with Gasteiger partial charge in [0.15, 0.2) is 0 Å². The molecule has 0 heterocycles. The molecule has 0 radical (unpaired) electrons. The summed E-state index contributed by atoms with van der Waals surface area (Å²) < 4.78 is 0. The Labute approximate surface area is 153 Å². The molecule has 0 fully saturated rings. The van der Waals surface area contributed by atoms with Crippen molar-refractivity contribution in [2.24, 2.45) is 0 Å². The maximum Gasteiger partial charge on any atom is 0.303 e. The van der Waals surface area contributed by atoms with Crippen LogP contribution in [0.4, 0.5) is 0 Å². The van der Waals surface area contributed by atoms with Crippen molar-refractivity contribution in [3.8, 4) is 0 Å². The fourth-order valence-electron chi connectivity index (χ4n) is 3.23. The minimum Gasteiger partial charge on any atom is -0.481 e. The molecule has 0 aliphatic carbocycles. The quantitative estimate of drug-likeness (QED) is 0.165. The predicted molar refractivity (Wildman–Crippen MR) is 103 cm³/mol. The third kappa shape index (κ3) is 17.5. The second-order valence-electron chi connectivity index (χ2n) is 7.26. The molecule has 0 saturated heterocycles. The van der Waals surface area contributed by atoms with Gasteiger partial charge in [0.1, 0.15) is 0 Å². The summed E-state index contributed by atoms with van der Waals surface area (Å²) in [6.07, 6.45) is 17.2. The summed E-state index contributed by atoms with van der Waals surface area (Å²) in [5.74, 6) is -0.707. The van der Waals surface area contributed by atoms with Gasteiger partial charge < -0.3 is 5.11 Å². The maximum atomic E-state index is 11.1. The maximum absolute atomic E-state index is 11.1. The molecule has 1 N–H and O–H groups in total. The molecule has 0 aliphatic heterocycles. The number of unbranched alkanes of at least 4 members (excludes halogenated alkanes) is 12. The Kier molecular flexibility index (Phi) is 16.9. The monoisotopic (exact) mass is 357 g/mol. The summed E-state index contributed by atoms with van der Waals surface area (Å²) in [7, 11) is 0. The van der Waals surface area contributed by atoms with Crippen LogP contribution in [-0.2, 0) is 4.79 Å². The number of hydrogen-bond donors (Lipinski definition) is 1. The first kappa shape index (κ1) is 23.9. The molecule has 0 aromatic rings. The van der Waals surface area contributed by atoms with Crippen LogP contribution in [0.3, 0.4) is 0 Å². The molecule has 0 aromatic heterocycles. The molecule has 0 bridgehead atoms. The summed E-state index contributed by atoms with van der Waals surface area (Å²) >= 11 is 0. The third-order valence-electron chi connectivity index (χ3n) is 4.87. The van der Waals surface area contributed by atoms with Gasteiger partial charge in [-0.3, -0.25) is 14.9 Å². The van der Waals surface area contributed by atoms with E-state index in [2.05, 4.69) is 6.92 Å². The highest BCUT2D eigenvalue weighted by atomic mass is 16.6. The van der Waals surface area contributed by atoms with E-state index in [4.69, 9.17) is 5.11 Å². The number of nitro groups is 1. The van der Waals surface area contributed by atoms with Gasteiger partial charge in [-0.1, -0.05) is 77.6 Å². The highest BCUT2D eigenvalue weighted by molar-refractivity contribution is 5.66. The van der Waals surface area contributed by atoms with Gasteiger partial charge in [-0.25, -0.2) is 0 Å². The van der Waals surface area contributed by atoms with Crippen molar-refractivity contribution in [3.63, 3.8) is 0 Å². The van der Waals surface area contributed by atoms with Crippen molar-refractivity contribution in [1.82, 2.24) is 0 Å². The molecule has 0 rings (SSSR count). The van der Waals surface area contributed by atoms with Crippen LogP contribution in [0.25, 0.3) is 0 Å². The van der Waals surface area contributed by atoms with E-state index < -0.39 is 5.97 Å². The van der Waals surface area contributed by atoms with Crippen molar-refractivity contribution in [1.29, 1.82) is 0 Å². The lowest BCUT2D eigenvalue weighted by atomic mass is 10.0. The van der Waals surface area contributed by atoms with Gasteiger partial charge >= 0.3 is 5.97 Å². The number of nitrogens with zero attached hydrogens (tertiary/aromatic N) is 1. The molecule has 5 heteroatoms.